The first-order chi connectivity index (χ1) is 12.1. The van der Waals surface area contributed by atoms with Crippen LogP contribution in [0.3, 0.4) is 0 Å². The molecule has 1 aliphatic heterocycles. The van der Waals surface area contributed by atoms with E-state index in [1.54, 1.807) is 4.90 Å². The number of nitriles is 1. The van der Waals surface area contributed by atoms with Gasteiger partial charge in [0.25, 0.3) is 0 Å². The van der Waals surface area contributed by atoms with Crippen molar-refractivity contribution in [1.29, 1.82) is 5.26 Å². The Morgan fingerprint density at radius 3 is 2.56 bits per heavy atom. The van der Waals surface area contributed by atoms with Crippen molar-refractivity contribution in [2.24, 2.45) is 5.92 Å². The summed E-state index contributed by atoms with van der Waals surface area (Å²) in [6, 6.07) is 11.4. The van der Waals surface area contributed by atoms with Crippen LogP contribution >= 0.6 is 0 Å². The molecule has 1 aliphatic carbocycles. The monoisotopic (exact) mass is 340 g/mol. The lowest BCUT2D eigenvalue weighted by Gasteiger charge is -2.33. The molecule has 1 aromatic carbocycles. The van der Waals surface area contributed by atoms with Crippen molar-refractivity contribution in [3.8, 4) is 6.07 Å². The second-order valence-corrected chi connectivity index (χ2v) is 6.97. The van der Waals surface area contributed by atoms with E-state index in [9.17, 15) is 14.9 Å². The van der Waals surface area contributed by atoms with Gasteiger partial charge < -0.3 is 15.5 Å². The number of likely N-dealkylation sites (tertiary alicyclic amines) is 1. The fraction of sp³-hybridized carbons (Fsp3) is 0.526. The van der Waals surface area contributed by atoms with Crippen molar-refractivity contribution in [3.63, 3.8) is 0 Å². The zero-order valence-electron chi connectivity index (χ0n) is 14.3. The van der Waals surface area contributed by atoms with Crippen LogP contribution in [-0.2, 0) is 4.79 Å². The number of hydrogen-bond donors (Lipinski definition) is 2. The Morgan fingerprint density at radius 1 is 1.16 bits per heavy atom. The number of carbonyl (C=O) groups excluding carboxylic acids is 2. The molecule has 1 unspecified atom stereocenters. The number of nitrogens with zero attached hydrogens (tertiary/aromatic N) is 2. The van der Waals surface area contributed by atoms with Crippen LogP contribution in [0.5, 0.6) is 0 Å². The van der Waals surface area contributed by atoms with Gasteiger partial charge in [-0.05, 0) is 50.7 Å². The lowest BCUT2D eigenvalue weighted by molar-refractivity contribution is -0.127. The number of benzene rings is 1. The van der Waals surface area contributed by atoms with Crippen molar-refractivity contribution in [1.82, 2.24) is 10.2 Å². The average Bonchev–Trinajstić information content (AvgIpc) is 3.11. The molecule has 1 atom stereocenters. The molecule has 3 amide bonds. The maximum absolute atomic E-state index is 12.6. The molecule has 2 aliphatic rings. The summed E-state index contributed by atoms with van der Waals surface area (Å²) in [6.07, 6.45) is 4.94. The third kappa shape index (κ3) is 4.11. The van der Waals surface area contributed by atoms with E-state index in [4.69, 9.17) is 0 Å². The highest BCUT2D eigenvalue weighted by Crippen LogP contribution is 2.30. The van der Waals surface area contributed by atoms with Gasteiger partial charge in [0.15, 0.2) is 0 Å². The number of rotatable bonds is 3. The largest absolute Gasteiger partial charge is 0.338 e. The second-order valence-electron chi connectivity index (χ2n) is 6.97. The number of carbonyl (C=O) groups is 2. The topological polar surface area (TPSA) is 85.2 Å². The van der Waals surface area contributed by atoms with Gasteiger partial charge in [0.2, 0.25) is 5.91 Å². The molecule has 6 heteroatoms. The summed E-state index contributed by atoms with van der Waals surface area (Å²) in [7, 11) is 0. The van der Waals surface area contributed by atoms with Gasteiger partial charge in [0, 0.05) is 18.8 Å². The van der Waals surface area contributed by atoms with Crippen molar-refractivity contribution < 1.29 is 9.59 Å². The summed E-state index contributed by atoms with van der Waals surface area (Å²) in [5.41, 5.74) is 0.0412. The maximum Gasteiger partial charge on any atom is 0.321 e. The highest BCUT2D eigenvalue weighted by molar-refractivity contribution is 5.90. The molecule has 2 N–H and O–H groups in total. The number of urea groups is 1. The van der Waals surface area contributed by atoms with Crippen molar-refractivity contribution in [2.45, 2.75) is 44.1 Å². The van der Waals surface area contributed by atoms with E-state index in [0.29, 0.717) is 13.1 Å². The molecule has 1 saturated heterocycles. The third-order valence-electron chi connectivity index (χ3n) is 5.14. The maximum atomic E-state index is 12.6. The molecule has 3 rings (SSSR count). The Hall–Kier alpha value is -2.55. The van der Waals surface area contributed by atoms with Crippen molar-refractivity contribution in [3.05, 3.63) is 30.3 Å². The minimum atomic E-state index is -0.703. The Kier molecular flexibility index (Phi) is 5.22. The summed E-state index contributed by atoms with van der Waals surface area (Å²) in [4.78, 5) is 26.7. The van der Waals surface area contributed by atoms with E-state index in [-0.39, 0.29) is 17.9 Å². The fourth-order valence-electron chi connectivity index (χ4n) is 3.68. The number of para-hydroxylation sites is 1. The minimum absolute atomic E-state index is 0.0966. The SMILES string of the molecule is N#CC1(NC(=O)C2CCCN(C(=O)Nc3ccccc3)C2)CCCC1. The Balaban J connectivity index is 1.58. The first-order valence-corrected chi connectivity index (χ1v) is 8.96. The van der Waals surface area contributed by atoms with Gasteiger partial charge in [-0.15, -0.1) is 0 Å². The molecule has 2 fully saturated rings. The van der Waals surface area contributed by atoms with Gasteiger partial charge in [-0.25, -0.2) is 4.79 Å². The normalized spacial score (nSPS) is 22.0. The van der Waals surface area contributed by atoms with Crippen LogP contribution < -0.4 is 10.6 Å². The van der Waals surface area contributed by atoms with Crippen LogP contribution in [0.15, 0.2) is 30.3 Å². The smallest absolute Gasteiger partial charge is 0.321 e. The van der Waals surface area contributed by atoms with E-state index < -0.39 is 5.54 Å². The number of hydrogen-bond acceptors (Lipinski definition) is 3. The summed E-state index contributed by atoms with van der Waals surface area (Å²) >= 11 is 0. The zero-order valence-corrected chi connectivity index (χ0v) is 14.3. The van der Waals surface area contributed by atoms with E-state index in [2.05, 4.69) is 16.7 Å². The van der Waals surface area contributed by atoms with Crippen molar-refractivity contribution in [2.75, 3.05) is 18.4 Å². The summed E-state index contributed by atoms with van der Waals surface area (Å²) in [6.45, 7) is 1.04. The molecule has 6 nitrogen and oxygen atoms in total. The van der Waals surface area contributed by atoms with E-state index in [0.717, 1.165) is 44.2 Å². The molecule has 0 spiro atoms. The lowest BCUT2D eigenvalue weighted by Crippen LogP contribution is -2.52. The van der Waals surface area contributed by atoms with E-state index in [1.165, 1.54) is 0 Å². The molecule has 0 radical (unpaired) electrons. The Labute approximate surface area is 148 Å². The molecule has 1 aromatic rings. The molecular weight excluding hydrogens is 316 g/mol. The Morgan fingerprint density at radius 2 is 1.88 bits per heavy atom. The highest BCUT2D eigenvalue weighted by atomic mass is 16.2. The summed E-state index contributed by atoms with van der Waals surface area (Å²) in [5.74, 6) is -0.346. The molecule has 1 heterocycles. The standard InChI is InChI=1S/C19H24N4O2/c20-14-19(10-4-5-11-19)22-17(24)15-7-6-12-23(13-15)18(25)21-16-8-2-1-3-9-16/h1-3,8-9,15H,4-7,10-13H2,(H,21,25)(H,22,24). The quantitative estimate of drug-likeness (QED) is 0.887. The predicted molar refractivity (Wildman–Crippen MR) is 94.7 cm³/mol. The molecule has 132 valence electrons. The van der Waals surface area contributed by atoms with Crippen LogP contribution in [0, 0.1) is 17.2 Å². The van der Waals surface area contributed by atoms with Crippen LogP contribution in [0.25, 0.3) is 0 Å². The van der Waals surface area contributed by atoms with Crippen LogP contribution in [0.2, 0.25) is 0 Å². The highest BCUT2D eigenvalue weighted by Gasteiger charge is 2.38. The zero-order chi connectivity index (χ0) is 17.7. The van der Waals surface area contributed by atoms with E-state index in [1.807, 2.05) is 30.3 Å². The number of nitrogens with one attached hydrogen (secondary N) is 2. The number of amides is 3. The molecule has 1 saturated carbocycles. The predicted octanol–water partition coefficient (Wildman–Crippen LogP) is 2.88. The molecule has 25 heavy (non-hydrogen) atoms. The second kappa shape index (κ2) is 7.56. The first kappa shape index (κ1) is 17.3. The molecule has 0 aromatic heterocycles. The van der Waals surface area contributed by atoms with Crippen molar-refractivity contribution >= 4 is 17.6 Å². The lowest BCUT2D eigenvalue weighted by atomic mass is 9.94. The van der Waals surface area contributed by atoms with Gasteiger partial charge in [-0.2, -0.15) is 5.26 Å². The van der Waals surface area contributed by atoms with Gasteiger partial charge in [-0.3, -0.25) is 4.79 Å². The van der Waals surface area contributed by atoms with Gasteiger partial charge >= 0.3 is 6.03 Å². The van der Waals surface area contributed by atoms with Gasteiger partial charge in [0.1, 0.15) is 5.54 Å². The van der Waals surface area contributed by atoms with E-state index >= 15 is 0 Å². The molecule has 0 bridgehead atoms. The van der Waals surface area contributed by atoms with Gasteiger partial charge in [0.05, 0.1) is 12.0 Å². The number of anilines is 1. The third-order valence-corrected chi connectivity index (χ3v) is 5.14. The average molecular weight is 340 g/mol. The summed E-state index contributed by atoms with van der Waals surface area (Å²) < 4.78 is 0. The fourth-order valence-corrected chi connectivity index (χ4v) is 3.68. The number of piperidine rings is 1. The van der Waals surface area contributed by atoms with Crippen LogP contribution in [0.1, 0.15) is 38.5 Å². The summed E-state index contributed by atoms with van der Waals surface area (Å²) in [5, 5.41) is 15.3. The Bertz CT molecular complexity index is 662. The van der Waals surface area contributed by atoms with Crippen LogP contribution in [0.4, 0.5) is 10.5 Å². The molecular formula is C19H24N4O2. The minimum Gasteiger partial charge on any atom is -0.338 e. The van der Waals surface area contributed by atoms with Gasteiger partial charge in [-0.1, -0.05) is 18.2 Å². The van der Waals surface area contributed by atoms with Crippen LogP contribution in [-0.4, -0.2) is 35.5 Å². The first-order valence-electron chi connectivity index (χ1n) is 8.96.